The first-order chi connectivity index (χ1) is 8.02. The number of pyridine rings is 1. The number of piperidine rings is 1. The average molecular weight is 258 g/mol. The van der Waals surface area contributed by atoms with Gasteiger partial charge in [-0.15, -0.1) is 0 Å². The number of anilines is 1. The molecule has 0 bridgehead atoms. The maximum absolute atomic E-state index is 7.95. The van der Waals surface area contributed by atoms with Gasteiger partial charge in [-0.05, 0) is 54.2 Å². The van der Waals surface area contributed by atoms with E-state index in [1.165, 1.54) is 6.42 Å². The summed E-state index contributed by atoms with van der Waals surface area (Å²) in [5.41, 5.74) is 0. The molecule has 1 aromatic heterocycles. The molecule has 0 saturated carbocycles. The first-order valence-electron chi connectivity index (χ1n) is 6.42. The van der Waals surface area contributed by atoms with Gasteiger partial charge in [0.25, 0.3) is 0 Å². The van der Waals surface area contributed by atoms with E-state index in [1.54, 1.807) is 0 Å². The van der Waals surface area contributed by atoms with E-state index in [1.807, 2.05) is 4.90 Å². The van der Waals surface area contributed by atoms with Gasteiger partial charge in [0.2, 0.25) is 0 Å². The highest BCUT2D eigenvalue weighted by atomic mass is 79.9. The molecule has 0 aromatic carbocycles. The van der Waals surface area contributed by atoms with Crippen LogP contribution in [0, 0.1) is 0 Å². The minimum atomic E-state index is 0.0405. The second-order valence-electron chi connectivity index (χ2n) is 3.65. The Labute approximate surface area is 97.7 Å². The van der Waals surface area contributed by atoms with Crippen LogP contribution in [0.25, 0.3) is 0 Å². The number of rotatable bonds is 1. The highest BCUT2D eigenvalue weighted by Gasteiger charge is 2.18. The largest absolute Gasteiger partial charge is 0.354 e. The summed E-state index contributed by atoms with van der Waals surface area (Å²) in [6, 6.07) is 0.500. The van der Waals surface area contributed by atoms with Crippen LogP contribution in [-0.2, 0) is 0 Å². The summed E-state index contributed by atoms with van der Waals surface area (Å²) < 4.78 is 23.7. The third-order valence-corrected chi connectivity index (χ3v) is 2.99. The topological polar surface area (TPSA) is 16.1 Å². The van der Waals surface area contributed by atoms with Crippen LogP contribution >= 0.6 is 15.9 Å². The van der Waals surface area contributed by atoms with Gasteiger partial charge in [-0.2, -0.15) is 0 Å². The molecule has 1 unspecified atom stereocenters. The van der Waals surface area contributed by atoms with E-state index in [4.69, 9.17) is 4.11 Å². The fraction of sp³-hybridized carbons (Fsp3) is 0.545. The number of nitrogens with zero attached hydrogens (tertiary/aromatic N) is 2. The summed E-state index contributed by atoms with van der Waals surface area (Å²) in [6.07, 6.45) is 3.40. The van der Waals surface area contributed by atoms with E-state index in [-0.39, 0.29) is 18.3 Å². The molecule has 0 radical (unpaired) electrons. The van der Waals surface area contributed by atoms with Crippen LogP contribution in [0.5, 0.6) is 0 Å². The van der Waals surface area contributed by atoms with Crippen molar-refractivity contribution < 1.29 is 4.11 Å². The fourth-order valence-electron chi connectivity index (χ4n) is 1.82. The van der Waals surface area contributed by atoms with E-state index >= 15 is 0 Å². The molecular weight excluding hydrogens is 240 g/mol. The second kappa shape index (κ2) is 4.30. The lowest BCUT2D eigenvalue weighted by Gasteiger charge is -2.34. The Balaban J connectivity index is 2.44. The summed E-state index contributed by atoms with van der Waals surface area (Å²) in [5, 5.41) is 0. The zero-order valence-corrected chi connectivity index (χ0v) is 9.76. The van der Waals surface area contributed by atoms with Gasteiger partial charge in [-0.1, -0.05) is 0 Å². The summed E-state index contributed by atoms with van der Waals surface area (Å²) in [4.78, 5) is 6.20. The van der Waals surface area contributed by atoms with E-state index < -0.39 is 0 Å². The van der Waals surface area contributed by atoms with Crippen molar-refractivity contribution in [2.45, 2.75) is 32.2 Å². The highest BCUT2D eigenvalue weighted by Crippen LogP contribution is 2.23. The van der Waals surface area contributed by atoms with Crippen LogP contribution in [0.4, 0.5) is 5.82 Å². The van der Waals surface area contributed by atoms with E-state index in [0.717, 1.165) is 19.4 Å². The molecule has 2 nitrogen and oxygen atoms in total. The predicted molar refractivity (Wildman–Crippen MR) is 62.6 cm³/mol. The zero-order chi connectivity index (χ0) is 12.6. The van der Waals surface area contributed by atoms with Crippen molar-refractivity contribution in [3.63, 3.8) is 0 Å². The van der Waals surface area contributed by atoms with Crippen molar-refractivity contribution in [3.8, 4) is 0 Å². The van der Waals surface area contributed by atoms with Crippen LogP contribution in [0.2, 0.25) is 0 Å². The molecular formula is C11H15BrN2. The molecule has 76 valence electrons. The first kappa shape index (κ1) is 6.83. The quantitative estimate of drug-likeness (QED) is 0.768. The van der Waals surface area contributed by atoms with E-state index in [9.17, 15) is 0 Å². The van der Waals surface area contributed by atoms with Gasteiger partial charge in [0.15, 0.2) is 0 Å². The Bertz CT molecular complexity index is 439. The highest BCUT2D eigenvalue weighted by molar-refractivity contribution is 9.10. The van der Waals surface area contributed by atoms with Crippen molar-refractivity contribution in [2.24, 2.45) is 0 Å². The third-order valence-electron chi connectivity index (χ3n) is 2.62. The molecule has 0 aliphatic carbocycles. The number of hydrogen-bond acceptors (Lipinski definition) is 2. The minimum absolute atomic E-state index is 0.0405. The summed E-state index contributed by atoms with van der Waals surface area (Å²) >= 11 is 3.13. The Morgan fingerprint density at radius 2 is 2.43 bits per heavy atom. The third kappa shape index (κ3) is 2.08. The molecule has 1 atom stereocenters. The molecule has 14 heavy (non-hydrogen) atoms. The van der Waals surface area contributed by atoms with Gasteiger partial charge < -0.3 is 4.90 Å². The zero-order valence-electron chi connectivity index (χ0n) is 11.2. The molecule has 1 aromatic rings. The van der Waals surface area contributed by atoms with Crippen LogP contribution in [0.1, 0.15) is 30.3 Å². The van der Waals surface area contributed by atoms with Crippen LogP contribution < -0.4 is 4.90 Å². The van der Waals surface area contributed by atoms with Gasteiger partial charge in [0.1, 0.15) is 5.82 Å². The normalized spacial score (nSPS) is 25.4. The Morgan fingerprint density at radius 1 is 1.57 bits per heavy atom. The number of aromatic nitrogens is 1. The average Bonchev–Trinajstić information content (AvgIpc) is 2.32. The minimum Gasteiger partial charge on any atom is -0.354 e. The monoisotopic (exact) mass is 257 g/mol. The molecule has 1 aliphatic rings. The molecule has 1 fully saturated rings. The van der Waals surface area contributed by atoms with Crippen molar-refractivity contribution in [1.29, 1.82) is 0 Å². The van der Waals surface area contributed by atoms with Gasteiger partial charge in [0.05, 0.1) is 4.11 Å². The SMILES string of the molecule is [2H]c1nc(N2CCCCC2C)c([2H])c([2H])c1Br. The molecule has 0 N–H and O–H groups in total. The van der Waals surface area contributed by atoms with Crippen molar-refractivity contribution >= 4 is 21.7 Å². The summed E-state index contributed by atoms with van der Waals surface area (Å²) in [5.74, 6) is 0.482. The molecule has 2 rings (SSSR count). The fourth-order valence-corrected chi connectivity index (χ4v) is 2.01. The molecule has 0 amide bonds. The van der Waals surface area contributed by atoms with Gasteiger partial charge in [0, 0.05) is 23.2 Å². The lowest BCUT2D eigenvalue weighted by molar-refractivity contribution is 0.481. The first-order valence-corrected chi connectivity index (χ1v) is 5.71. The lowest BCUT2D eigenvalue weighted by atomic mass is 10.0. The van der Waals surface area contributed by atoms with E-state index in [0.29, 0.717) is 16.3 Å². The van der Waals surface area contributed by atoms with Gasteiger partial charge >= 0.3 is 0 Å². The standard InChI is InChI=1S/C11H15BrN2/c1-9-4-2-3-7-14(9)11-6-5-10(12)8-13-11/h5-6,8-9H,2-4,7H2,1H3/i5D,6D,8D. The molecule has 1 aliphatic heterocycles. The molecule has 2 heterocycles. The molecule has 0 spiro atoms. The second-order valence-corrected chi connectivity index (χ2v) is 4.44. The van der Waals surface area contributed by atoms with Crippen molar-refractivity contribution in [1.82, 2.24) is 4.98 Å². The van der Waals surface area contributed by atoms with Gasteiger partial charge in [-0.3, -0.25) is 0 Å². The maximum Gasteiger partial charge on any atom is 0.128 e. The Kier molecular flexibility index (Phi) is 2.10. The molecule has 3 heteroatoms. The predicted octanol–water partition coefficient (Wildman–Crippen LogP) is 3.22. The van der Waals surface area contributed by atoms with Crippen LogP contribution in [0.15, 0.2) is 22.7 Å². The number of hydrogen-bond donors (Lipinski definition) is 0. The number of halogens is 1. The Morgan fingerprint density at radius 3 is 3.21 bits per heavy atom. The molecule has 1 saturated heterocycles. The smallest absolute Gasteiger partial charge is 0.128 e. The van der Waals surface area contributed by atoms with Crippen molar-refractivity contribution in [2.75, 3.05) is 11.4 Å². The maximum atomic E-state index is 7.95. The van der Waals surface area contributed by atoms with Crippen molar-refractivity contribution in [3.05, 3.63) is 22.7 Å². The summed E-state index contributed by atoms with van der Waals surface area (Å²) in [7, 11) is 0. The Hall–Kier alpha value is -0.570. The summed E-state index contributed by atoms with van der Waals surface area (Å²) in [6.45, 7) is 2.97. The van der Waals surface area contributed by atoms with E-state index in [2.05, 4.69) is 27.8 Å². The van der Waals surface area contributed by atoms with Gasteiger partial charge in [-0.25, -0.2) is 4.98 Å². The lowest BCUT2D eigenvalue weighted by Crippen LogP contribution is -2.37. The van der Waals surface area contributed by atoms with Crippen LogP contribution in [0.3, 0.4) is 0 Å². The van der Waals surface area contributed by atoms with Crippen LogP contribution in [-0.4, -0.2) is 17.6 Å².